The average Bonchev–Trinajstić information content (AvgIpc) is 2.31. The standard InChI is InChI=1S/C12H14OS2/c1-14-12(15-2)8-7-9-5-3-4-6-10(9)11(12)13/h3-6H,7-8H2,1-2H3. The van der Waals surface area contributed by atoms with Crippen LogP contribution in [0, 0.1) is 0 Å². The second-order valence-corrected chi connectivity index (χ2v) is 6.12. The summed E-state index contributed by atoms with van der Waals surface area (Å²) in [6.45, 7) is 0. The van der Waals surface area contributed by atoms with Gasteiger partial charge in [0.1, 0.15) is 4.08 Å². The molecule has 1 aromatic carbocycles. The maximum atomic E-state index is 12.4. The van der Waals surface area contributed by atoms with Crippen LogP contribution in [0.5, 0.6) is 0 Å². The summed E-state index contributed by atoms with van der Waals surface area (Å²) in [6.07, 6.45) is 6.03. The molecule has 0 radical (unpaired) electrons. The third-order valence-electron chi connectivity index (χ3n) is 2.99. The van der Waals surface area contributed by atoms with Gasteiger partial charge < -0.3 is 0 Å². The highest BCUT2D eigenvalue weighted by Crippen LogP contribution is 2.44. The smallest absolute Gasteiger partial charge is 0.189 e. The minimum absolute atomic E-state index is 0.242. The van der Waals surface area contributed by atoms with E-state index in [4.69, 9.17) is 0 Å². The van der Waals surface area contributed by atoms with Crippen molar-refractivity contribution in [2.45, 2.75) is 16.9 Å². The van der Waals surface area contributed by atoms with Crippen LogP contribution < -0.4 is 0 Å². The molecule has 15 heavy (non-hydrogen) atoms. The molecule has 80 valence electrons. The third-order valence-corrected chi connectivity index (χ3v) is 6.09. The summed E-state index contributed by atoms with van der Waals surface area (Å²) in [6, 6.07) is 7.99. The maximum Gasteiger partial charge on any atom is 0.189 e. The molecule has 0 heterocycles. The fraction of sp³-hybridized carbons (Fsp3) is 0.417. The molecule has 0 spiro atoms. The lowest BCUT2D eigenvalue weighted by Gasteiger charge is -2.33. The van der Waals surface area contributed by atoms with Crippen LogP contribution in [0.3, 0.4) is 0 Å². The molecular formula is C12H14OS2. The van der Waals surface area contributed by atoms with E-state index >= 15 is 0 Å². The van der Waals surface area contributed by atoms with Gasteiger partial charge in [-0.3, -0.25) is 4.79 Å². The van der Waals surface area contributed by atoms with E-state index in [1.165, 1.54) is 5.56 Å². The number of hydrogen-bond acceptors (Lipinski definition) is 3. The predicted octanol–water partition coefficient (Wildman–Crippen LogP) is 3.24. The Bertz CT molecular complexity index is 383. The molecule has 0 amide bonds. The molecule has 0 aliphatic heterocycles. The van der Waals surface area contributed by atoms with Crippen LogP contribution in [0.4, 0.5) is 0 Å². The maximum absolute atomic E-state index is 12.4. The monoisotopic (exact) mass is 238 g/mol. The van der Waals surface area contributed by atoms with Gasteiger partial charge in [-0.15, -0.1) is 23.5 Å². The van der Waals surface area contributed by atoms with Gasteiger partial charge in [0, 0.05) is 5.56 Å². The molecule has 0 unspecified atom stereocenters. The van der Waals surface area contributed by atoms with Crippen molar-refractivity contribution in [2.75, 3.05) is 12.5 Å². The van der Waals surface area contributed by atoms with Gasteiger partial charge in [-0.1, -0.05) is 24.3 Å². The van der Waals surface area contributed by atoms with E-state index in [0.29, 0.717) is 5.78 Å². The quantitative estimate of drug-likeness (QED) is 0.736. The number of benzene rings is 1. The highest BCUT2D eigenvalue weighted by atomic mass is 32.2. The van der Waals surface area contributed by atoms with Crippen molar-refractivity contribution in [1.82, 2.24) is 0 Å². The van der Waals surface area contributed by atoms with E-state index in [2.05, 4.69) is 6.07 Å². The SMILES string of the molecule is CSC1(SC)CCc2ccccc2C1=O. The normalized spacial score (nSPS) is 18.7. The van der Waals surface area contributed by atoms with Gasteiger partial charge in [-0.05, 0) is 30.9 Å². The van der Waals surface area contributed by atoms with Gasteiger partial charge in [0.15, 0.2) is 5.78 Å². The van der Waals surface area contributed by atoms with Gasteiger partial charge >= 0.3 is 0 Å². The number of fused-ring (bicyclic) bond motifs is 1. The number of Topliss-reactive ketones (excluding diaryl/α,β-unsaturated/α-hetero) is 1. The van der Waals surface area contributed by atoms with Crippen LogP contribution in [0.1, 0.15) is 22.3 Å². The van der Waals surface area contributed by atoms with Crippen molar-refractivity contribution < 1.29 is 4.79 Å². The fourth-order valence-corrected chi connectivity index (χ4v) is 3.92. The van der Waals surface area contributed by atoms with Crippen LogP contribution in [0.25, 0.3) is 0 Å². The molecule has 1 aromatic rings. The second-order valence-electron chi connectivity index (χ2n) is 3.65. The van der Waals surface area contributed by atoms with E-state index in [-0.39, 0.29) is 4.08 Å². The van der Waals surface area contributed by atoms with E-state index < -0.39 is 0 Å². The van der Waals surface area contributed by atoms with Crippen molar-refractivity contribution >= 4 is 29.3 Å². The summed E-state index contributed by atoms with van der Waals surface area (Å²) >= 11 is 3.36. The topological polar surface area (TPSA) is 17.1 Å². The number of carbonyl (C=O) groups excluding carboxylic acids is 1. The first-order valence-electron chi connectivity index (χ1n) is 4.96. The first-order valence-corrected chi connectivity index (χ1v) is 7.41. The Balaban J connectivity index is 2.45. The number of thioether (sulfide) groups is 2. The Labute approximate surface area is 99.0 Å². The highest BCUT2D eigenvalue weighted by Gasteiger charge is 2.41. The molecule has 2 rings (SSSR count). The van der Waals surface area contributed by atoms with Crippen LogP contribution in [0.15, 0.2) is 24.3 Å². The highest BCUT2D eigenvalue weighted by molar-refractivity contribution is 8.18. The zero-order valence-corrected chi connectivity index (χ0v) is 10.6. The second kappa shape index (κ2) is 4.22. The average molecular weight is 238 g/mol. The number of rotatable bonds is 2. The molecule has 0 N–H and O–H groups in total. The lowest BCUT2D eigenvalue weighted by Crippen LogP contribution is -2.36. The Hall–Kier alpha value is -0.410. The molecule has 3 heteroatoms. The molecule has 0 atom stereocenters. The van der Waals surface area contributed by atoms with Gasteiger partial charge in [0.2, 0.25) is 0 Å². The van der Waals surface area contributed by atoms with Crippen LogP contribution >= 0.6 is 23.5 Å². The van der Waals surface area contributed by atoms with Crippen molar-refractivity contribution in [2.24, 2.45) is 0 Å². The summed E-state index contributed by atoms with van der Waals surface area (Å²) in [5, 5.41) is 0. The Morgan fingerprint density at radius 2 is 1.87 bits per heavy atom. The zero-order chi connectivity index (χ0) is 10.9. The van der Waals surface area contributed by atoms with E-state index in [9.17, 15) is 4.79 Å². The van der Waals surface area contributed by atoms with Gasteiger partial charge in [-0.2, -0.15) is 0 Å². The number of aryl methyl sites for hydroxylation is 1. The molecule has 1 aliphatic carbocycles. The molecule has 0 bridgehead atoms. The summed E-state index contributed by atoms with van der Waals surface area (Å²) in [5.41, 5.74) is 2.13. The number of carbonyl (C=O) groups is 1. The molecule has 1 aliphatic rings. The van der Waals surface area contributed by atoms with E-state index in [1.54, 1.807) is 23.5 Å². The van der Waals surface area contributed by atoms with E-state index in [0.717, 1.165) is 18.4 Å². The zero-order valence-electron chi connectivity index (χ0n) is 8.95. The fourth-order valence-electron chi connectivity index (χ4n) is 2.05. The minimum Gasteiger partial charge on any atom is -0.292 e. The lowest BCUT2D eigenvalue weighted by molar-refractivity contribution is 0.0967. The summed E-state index contributed by atoms with van der Waals surface area (Å²) in [7, 11) is 0. The molecule has 0 saturated heterocycles. The molecule has 0 fully saturated rings. The molecule has 0 aromatic heterocycles. The van der Waals surface area contributed by atoms with Gasteiger partial charge in [0.05, 0.1) is 0 Å². The Morgan fingerprint density at radius 3 is 2.53 bits per heavy atom. The third kappa shape index (κ3) is 1.72. The van der Waals surface area contributed by atoms with Gasteiger partial charge in [-0.25, -0.2) is 0 Å². The van der Waals surface area contributed by atoms with Gasteiger partial charge in [0.25, 0.3) is 0 Å². The van der Waals surface area contributed by atoms with Crippen LogP contribution in [-0.4, -0.2) is 22.4 Å². The molecule has 1 nitrogen and oxygen atoms in total. The van der Waals surface area contributed by atoms with Crippen molar-refractivity contribution in [1.29, 1.82) is 0 Å². The first-order chi connectivity index (χ1) is 7.23. The minimum atomic E-state index is -0.242. The Kier molecular flexibility index (Phi) is 3.12. The molecule has 0 saturated carbocycles. The largest absolute Gasteiger partial charge is 0.292 e. The van der Waals surface area contributed by atoms with Crippen molar-refractivity contribution in [3.05, 3.63) is 35.4 Å². The van der Waals surface area contributed by atoms with Crippen molar-refractivity contribution in [3.63, 3.8) is 0 Å². The predicted molar refractivity (Wildman–Crippen MR) is 68.9 cm³/mol. The molecular weight excluding hydrogens is 224 g/mol. The summed E-state index contributed by atoms with van der Waals surface area (Å²) < 4.78 is -0.242. The lowest BCUT2D eigenvalue weighted by atomic mass is 9.90. The number of hydrogen-bond donors (Lipinski definition) is 0. The van der Waals surface area contributed by atoms with E-state index in [1.807, 2.05) is 30.7 Å². The summed E-state index contributed by atoms with van der Waals surface area (Å²) in [5.74, 6) is 0.296. The Morgan fingerprint density at radius 1 is 1.20 bits per heavy atom. The summed E-state index contributed by atoms with van der Waals surface area (Å²) in [4.78, 5) is 12.4. The van der Waals surface area contributed by atoms with Crippen molar-refractivity contribution in [3.8, 4) is 0 Å². The number of ketones is 1. The van der Waals surface area contributed by atoms with Crippen LogP contribution in [0.2, 0.25) is 0 Å². The first kappa shape index (κ1) is 11.1. The van der Waals surface area contributed by atoms with Crippen LogP contribution in [-0.2, 0) is 6.42 Å².